The molecular formula is C19H17N7O2. The van der Waals surface area contributed by atoms with Gasteiger partial charge in [0, 0.05) is 24.0 Å². The number of aromatic nitrogens is 5. The van der Waals surface area contributed by atoms with Crippen LogP contribution in [0.3, 0.4) is 0 Å². The molecule has 1 fully saturated rings. The maximum Gasteiger partial charge on any atom is 0.289 e. The number of fused-ring (bicyclic) bond motifs is 2. The third-order valence-electron chi connectivity index (χ3n) is 4.99. The average molecular weight is 375 g/mol. The van der Waals surface area contributed by atoms with Crippen molar-refractivity contribution in [3.63, 3.8) is 0 Å². The number of para-hydroxylation sites is 1. The van der Waals surface area contributed by atoms with Gasteiger partial charge < -0.3 is 15.2 Å². The smallest absolute Gasteiger partial charge is 0.289 e. The van der Waals surface area contributed by atoms with Gasteiger partial charge in [-0.1, -0.05) is 18.2 Å². The van der Waals surface area contributed by atoms with Gasteiger partial charge in [0.15, 0.2) is 0 Å². The highest BCUT2D eigenvalue weighted by molar-refractivity contribution is 5.99. The molecular weight excluding hydrogens is 358 g/mol. The van der Waals surface area contributed by atoms with Crippen LogP contribution in [0.15, 0.2) is 36.7 Å². The molecule has 1 aliphatic heterocycles. The number of aryl methyl sites for hydroxylation is 1. The van der Waals surface area contributed by atoms with Gasteiger partial charge in [-0.3, -0.25) is 14.7 Å². The van der Waals surface area contributed by atoms with Gasteiger partial charge in [0.1, 0.15) is 16.7 Å². The van der Waals surface area contributed by atoms with Crippen molar-refractivity contribution in [1.29, 1.82) is 0 Å². The van der Waals surface area contributed by atoms with Crippen molar-refractivity contribution in [1.82, 2.24) is 35.4 Å². The highest BCUT2D eigenvalue weighted by Gasteiger charge is 2.33. The number of amides is 2. The van der Waals surface area contributed by atoms with Crippen LogP contribution in [0.1, 0.15) is 26.7 Å². The van der Waals surface area contributed by atoms with Crippen molar-refractivity contribution in [3.8, 4) is 0 Å². The van der Waals surface area contributed by atoms with Crippen molar-refractivity contribution >= 4 is 33.8 Å². The van der Waals surface area contributed by atoms with Crippen molar-refractivity contribution in [2.45, 2.75) is 13.0 Å². The van der Waals surface area contributed by atoms with E-state index in [9.17, 15) is 9.59 Å². The van der Waals surface area contributed by atoms with Gasteiger partial charge in [0.2, 0.25) is 5.82 Å². The number of likely N-dealkylation sites (tertiary alicyclic amines) is 1. The summed E-state index contributed by atoms with van der Waals surface area (Å²) < 4.78 is 0. The lowest BCUT2D eigenvalue weighted by atomic mass is 10.1. The second-order valence-corrected chi connectivity index (χ2v) is 6.97. The summed E-state index contributed by atoms with van der Waals surface area (Å²) in [6.45, 7) is 2.91. The number of carbonyl (C=O) groups excluding carboxylic acids is 2. The second kappa shape index (κ2) is 6.15. The summed E-state index contributed by atoms with van der Waals surface area (Å²) in [5, 5.41) is 10.5. The third kappa shape index (κ3) is 2.68. The van der Waals surface area contributed by atoms with Crippen LogP contribution in [0, 0.1) is 6.92 Å². The SMILES string of the molecule is Cc1cccc2cc(C(=O)N3CC(NC(=O)c4ncc5[nH]ncc5n4)C3)[nH]c12. The molecule has 28 heavy (non-hydrogen) atoms. The molecule has 0 radical (unpaired) electrons. The quantitative estimate of drug-likeness (QED) is 0.500. The molecule has 140 valence electrons. The minimum atomic E-state index is -0.360. The van der Waals surface area contributed by atoms with Crippen molar-refractivity contribution in [3.05, 3.63) is 53.7 Å². The number of carbonyl (C=O) groups is 2. The summed E-state index contributed by atoms with van der Waals surface area (Å²) in [5.74, 6) is -0.344. The van der Waals surface area contributed by atoms with E-state index in [-0.39, 0.29) is 23.7 Å². The Morgan fingerprint density at radius 1 is 1.25 bits per heavy atom. The molecule has 2 amide bonds. The molecule has 5 rings (SSSR count). The first kappa shape index (κ1) is 16.4. The first-order valence-electron chi connectivity index (χ1n) is 8.93. The van der Waals surface area contributed by atoms with Crippen molar-refractivity contribution in [2.24, 2.45) is 0 Å². The summed E-state index contributed by atoms with van der Waals surface area (Å²) in [4.78, 5) is 38.1. The van der Waals surface area contributed by atoms with E-state index in [1.165, 1.54) is 6.20 Å². The molecule has 1 aromatic carbocycles. The lowest BCUT2D eigenvalue weighted by Crippen LogP contribution is -2.61. The topological polar surface area (TPSA) is 120 Å². The van der Waals surface area contributed by atoms with Crippen LogP contribution in [0.4, 0.5) is 0 Å². The molecule has 0 bridgehead atoms. The van der Waals surface area contributed by atoms with Crippen LogP contribution in [0.5, 0.6) is 0 Å². The van der Waals surface area contributed by atoms with Gasteiger partial charge in [-0.25, -0.2) is 9.97 Å². The van der Waals surface area contributed by atoms with Gasteiger partial charge in [-0.15, -0.1) is 0 Å². The van der Waals surface area contributed by atoms with E-state index in [1.54, 1.807) is 11.1 Å². The van der Waals surface area contributed by atoms with E-state index >= 15 is 0 Å². The zero-order valence-electron chi connectivity index (χ0n) is 15.1. The van der Waals surface area contributed by atoms with E-state index < -0.39 is 0 Å². The Kier molecular flexibility index (Phi) is 3.61. The summed E-state index contributed by atoms with van der Waals surface area (Å²) in [6.07, 6.45) is 3.07. The van der Waals surface area contributed by atoms with Gasteiger partial charge >= 0.3 is 0 Å². The Morgan fingerprint density at radius 3 is 2.93 bits per heavy atom. The minimum Gasteiger partial charge on any atom is -0.350 e. The summed E-state index contributed by atoms with van der Waals surface area (Å²) >= 11 is 0. The zero-order valence-corrected chi connectivity index (χ0v) is 15.1. The number of nitrogens with one attached hydrogen (secondary N) is 3. The number of hydrogen-bond acceptors (Lipinski definition) is 5. The maximum atomic E-state index is 12.7. The molecule has 1 saturated heterocycles. The van der Waals surface area contributed by atoms with Crippen LogP contribution < -0.4 is 5.32 Å². The van der Waals surface area contributed by atoms with Crippen LogP contribution in [-0.4, -0.2) is 61.0 Å². The van der Waals surface area contributed by atoms with Crippen LogP contribution in [-0.2, 0) is 0 Å². The minimum absolute atomic E-state index is 0.0721. The van der Waals surface area contributed by atoms with E-state index in [2.05, 4.69) is 30.5 Å². The standard InChI is InChI=1S/C19H17N7O2/c1-10-3-2-4-11-5-13(23-16(10)11)19(28)26-8-12(9-26)22-18(27)17-20-6-15-14(24-17)7-21-25-15/h2-7,12,23H,8-9H2,1H3,(H,21,25)(H,22,27). The second-order valence-electron chi connectivity index (χ2n) is 6.97. The monoisotopic (exact) mass is 375 g/mol. The first-order valence-corrected chi connectivity index (χ1v) is 8.93. The summed E-state index contributed by atoms with van der Waals surface area (Å²) in [6, 6.07) is 7.70. The van der Waals surface area contributed by atoms with Gasteiger partial charge in [0.25, 0.3) is 11.8 Å². The third-order valence-corrected chi connectivity index (χ3v) is 4.99. The predicted molar refractivity (Wildman–Crippen MR) is 102 cm³/mol. The normalized spacial score (nSPS) is 14.4. The lowest BCUT2D eigenvalue weighted by molar-refractivity contribution is 0.0536. The molecule has 0 saturated carbocycles. The molecule has 4 heterocycles. The van der Waals surface area contributed by atoms with E-state index in [0.717, 1.165) is 16.5 Å². The van der Waals surface area contributed by atoms with Gasteiger partial charge in [-0.2, -0.15) is 5.10 Å². The van der Waals surface area contributed by atoms with Crippen LogP contribution in [0.25, 0.3) is 21.9 Å². The summed E-state index contributed by atoms with van der Waals surface area (Å²) in [7, 11) is 0. The first-order chi connectivity index (χ1) is 13.6. The van der Waals surface area contributed by atoms with E-state index in [0.29, 0.717) is 29.8 Å². The molecule has 4 aromatic rings. The molecule has 3 aromatic heterocycles. The molecule has 0 unspecified atom stereocenters. The Labute approximate surface area is 159 Å². The number of rotatable bonds is 3. The van der Waals surface area contributed by atoms with E-state index in [4.69, 9.17) is 0 Å². The zero-order chi connectivity index (χ0) is 19.3. The fourth-order valence-corrected chi connectivity index (χ4v) is 3.43. The Balaban J connectivity index is 1.23. The van der Waals surface area contributed by atoms with Crippen molar-refractivity contribution < 1.29 is 9.59 Å². The molecule has 0 aliphatic carbocycles. The van der Waals surface area contributed by atoms with E-state index in [1.807, 2.05) is 31.2 Å². The number of nitrogens with zero attached hydrogens (tertiary/aromatic N) is 4. The number of benzene rings is 1. The summed E-state index contributed by atoms with van der Waals surface area (Å²) in [5.41, 5.74) is 3.89. The largest absolute Gasteiger partial charge is 0.350 e. The maximum absolute atomic E-state index is 12.7. The highest BCUT2D eigenvalue weighted by atomic mass is 16.2. The predicted octanol–water partition coefficient (Wildman–Crippen LogP) is 1.40. The Bertz CT molecular complexity index is 1220. The van der Waals surface area contributed by atoms with Crippen molar-refractivity contribution in [2.75, 3.05) is 13.1 Å². The molecule has 0 atom stereocenters. The van der Waals surface area contributed by atoms with Crippen LogP contribution in [0.2, 0.25) is 0 Å². The molecule has 0 spiro atoms. The fourth-order valence-electron chi connectivity index (χ4n) is 3.43. The average Bonchev–Trinajstić information content (AvgIpc) is 3.30. The van der Waals surface area contributed by atoms with Crippen LogP contribution >= 0.6 is 0 Å². The lowest BCUT2D eigenvalue weighted by Gasteiger charge is -2.39. The molecule has 9 heteroatoms. The highest BCUT2D eigenvalue weighted by Crippen LogP contribution is 2.21. The number of H-pyrrole nitrogens is 2. The molecule has 9 nitrogen and oxygen atoms in total. The van der Waals surface area contributed by atoms with Gasteiger partial charge in [-0.05, 0) is 18.6 Å². The fraction of sp³-hybridized carbons (Fsp3) is 0.211. The number of hydrogen-bond donors (Lipinski definition) is 3. The Hall–Kier alpha value is -3.75. The molecule has 3 N–H and O–H groups in total. The Morgan fingerprint density at radius 2 is 2.11 bits per heavy atom. The molecule has 1 aliphatic rings. The van der Waals surface area contributed by atoms with Gasteiger partial charge in [0.05, 0.1) is 18.4 Å². The number of aromatic amines is 2.